The monoisotopic (exact) mass is 574 g/mol. The average Bonchev–Trinajstić information content (AvgIpc) is 3.47. The largest absolute Gasteiger partial charge is 0.469 e. The van der Waals surface area contributed by atoms with E-state index in [4.69, 9.17) is 25.7 Å². The highest BCUT2D eigenvalue weighted by molar-refractivity contribution is 14.0. The number of guanidine groups is 1. The maximum absolute atomic E-state index is 6.33. The lowest BCUT2D eigenvalue weighted by Gasteiger charge is -2.26. The summed E-state index contributed by atoms with van der Waals surface area (Å²) in [6.07, 6.45) is 5.32. The molecule has 0 aromatic carbocycles. The van der Waals surface area contributed by atoms with Crippen molar-refractivity contribution in [3.8, 4) is 0 Å². The molecule has 32 heavy (non-hydrogen) atoms. The van der Waals surface area contributed by atoms with Crippen molar-refractivity contribution in [1.29, 1.82) is 0 Å². The molecule has 8 nitrogen and oxygen atoms in total. The van der Waals surface area contributed by atoms with E-state index in [2.05, 4.69) is 25.4 Å². The molecule has 1 atom stereocenters. The number of nitrogens with one attached hydrogen (secondary N) is 2. The number of anilines is 1. The fraction of sp³-hybridized carbons (Fsp3) is 0.545. The number of furan rings is 1. The minimum absolute atomic E-state index is 0. The molecule has 0 saturated carbocycles. The van der Waals surface area contributed by atoms with Crippen molar-refractivity contribution >= 4 is 47.4 Å². The predicted octanol–water partition coefficient (Wildman–Crippen LogP) is 2.63. The van der Waals surface area contributed by atoms with Gasteiger partial charge >= 0.3 is 0 Å². The molecular weight excluding hydrogens is 543 g/mol. The molecule has 4 rings (SSSR count). The van der Waals surface area contributed by atoms with Gasteiger partial charge in [-0.25, -0.2) is 4.98 Å². The van der Waals surface area contributed by atoms with Crippen LogP contribution in [-0.4, -0.2) is 80.9 Å². The van der Waals surface area contributed by atoms with Crippen LogP contribution in [0.25, 0.3) is 0 Å². The van der Waals surface area contributed by atoms with Crippen molar-refractivity contribution in [3.05, 3.63) is 47.5 Å². The summed E-state index contributed by atoms with van der Waals surface area (Å²) in [6, 6.07) is 7.95. The van der Waals surface area contributed by atoms with E-state index >= 15 is 0 Å². The molecule has 2 N–H and O–H groups in total. The van der Waals surface area contributed by atoms with Gasteiger partial charge in [0, 0.05) is 57.9 Å². The third-order valence-electron chi connectivity index (χ3n) is 5.60. The molecule has 0 spiro atoms. The van der Waals surface area contributed by atoms with Gasteiger partial charge in [-0.2, -0.15) is 0 Å². The van der Waals surface area contributed by atoms with Crippen LogP contribution >= 0.6 is 35.6 Å². The number of hydrogen-bond donors (Lipinski definition) is 2. The number of hydrogen-bond acceptors (Lipinski definition) is 6. The lowest BCUT2D eigenvalue weighted by Crippen LogP contribution is -2.46. The summed E-state index contributed by atoms with van der Waals surface area (Å²) in [5, 5.41) is 7.76. The normalized spacial score (nSPS) is 19.6. The molecule has 2 aromatic heterocycles. The minimum atomic E-state index is 0. The van der Waals surface area contributed by atoms with Gasteiger partial charge in [-0.05, 0) is 30.7 Å². The van der Waals surface area contributed by atoms with Gasteiger partial charge in [-0.1, -0.05) is 11.6 Å². The van der Waals surface area contributed by atoms with Gasteiger partial charge < -0.3 is 24.7 Å². The van der Waals surface area contributed by atoms with Crippen molar-refractivity contribution in [1.82, 2.24) is 20.5 Å². The van der Waals surface area contributed by atoms with Gasteiger partial charge in [0.1, 0.15) is 11.6 Å². The Morgan fingerprint density at radius 2 is 2.09 bits per heavy atom. The second-order valence-electron chi connectivity index (χ2n) is 7.83. The van der Waals surface area contributed by atoms with Crippen LogP contribution in [0.2, 0.25) is 5.02 Å². The molecule has 4 heterocycles. The molecule has 0 radical (unpaired) electrons. The molecule has 2 aliphatic rings. The Balaban J connectivity index is 0.00000289. The zero-order valence-electron chi connectivity index (χ0n) is 18.2. The maximum atomic E-state index is 6.33. The smallest absolute Gasteiger partial charge is 0.191 e. The minimum Gasteiger partial charge on any atom is -0.469 e. The van der Waals surface area contributed by atoms with E-state index in [0.29, 0.717) is 5.02 Å². The summed E-state index contributed by atoms with van der Waals surface area (Å²) in [5.41, 5.74) is 0. The number of nitrogens with zero attached hydrogens (tertiary/aromatic N) is 4. The highest BCUT2D eigenvalue weighted by atomic mass is 127. The van der Waals surface area contributed by atoms with Gasteiger partial charge in [0.2, 0.25) is 0 Å². The number of aliphatic imine (C=N–C) groups is 1. The Bertz CT molecular complexity index is 832. The van der Waals surface area contributed by atoms with Crippen LogP contribution in [0.5, 0.6) is 0 Å². The van der Waals surface area contributed by atoms with Crippen LogP contribution < -0.4 is 15.5 Å². The van der Waals surface area contributed by atoms with E-state index in [1.54, 1.807) is 12.5 Å². The molecular formula is C22H32ClIN6O2. The van der Waals surface area contributed by atoms with Gasteiger partial charge in [-0.3, -0.25) is 9.89 Å². The van der Waals surface area contributed by atoms with Crippen LogP contribution in [0.1, 0.15) is 12.2 Å². The van der Waals surface area contributed by atoms with Crippen molar-refractivity contribution in [3.63, 3.8) is 0 Å². The molecule has 176 valence electrons. The Morgan fingerprint density at radius 3 is 2.88 bits per heavy atom. The summed E-state index contributed by atoms with van der Waals surface area (Å²) in [7, 11) is 0. The van der Waals surface area contributed by atoms with Crippen LogP contribution in [0, 0.1) is 0 Å². The van der Waals surface area contributed by atoms with Gasteiger partial charge in [0.05, 0.1) is 31.0 Å². The van der Waals surface area contributed by atoms with Crippen molar-refractivity contribution in [2.24, 2.45) is 4.99 Å². The summed E-state index contributed by atoms with van der Waals surface area (Å²) in [5.74, 6) is 2.67. The third kappa shape index (κ3) is 7.50. The molecule has 1 unspecified atom stereocenters. The lowest BCUT2D eigenvalue weighted by atomic mass is 10.3. The first kappa shape index (κ1) is 25.1. The Morgan fingerprint density at radius 1 is 1.22 bits per heavy atom. The summed E-state index contributed by atoms with van der Waals surface area (Å²) in [4.78, 5) is 13.9. The summed E-state index contributed by atoms with van der Waals surface area (Å²) in [6.45, 7) is 7.79. The number of pyridine rings is 1. The molecule has 2 fully saturated rings. The molecule has 0 amide bonds. The fourth-order valence-corrected chi connectivity index (χ4v) is 4.15. The summed E-state index contributed by atoms with van der Waals surface area (Å²) < 4.78 is 10.9. The van der Waals surface area contributed by atoms with E-state index < -0.39 is 0 Å². The zero-order valence-corrected chi connectivity index (χ0v) is 21.3. The van der Waals surface area contributed by atoms with E-state index in [9.17, 15) is 0 Å². The van der Waals surface area contributed by atoms with Crippen molar-refractivity contribution < 1.29 is 9.15 Å². The average molecular weight is 575 g/mol. The number of ether oxygens (including phenoxy) is 1. The maximum Gasteiger partial charge on any atom is 0.191 e. The second kappa shape index (κ2) is 13.2. The van der Waals surface area contributed by atoms with E-state index in [1.165, 1.54) is 0 Å². The van der Waals surface area contributed by atoms with Crippen LogP contribution in [0.15, 0.2) is 46.1 Å². The second-order valence-corrected chi connectivity index (χ2v) is 8.23. The van der Waals surface area contributed by atoms with Gasteiger partial charge in [0.25, 0.3) is 0 Å². The first-order chi connectivity index (χ1) is 15.3. The van der Waals surface area contributed by atoms with Crippen LogP contribution in [0.4, 0.5) is 5.82 Å². The topological polar surface area (TPSA) is 78.2 Å². The predicted molar refractivity (Wildman–Crippen MR) is 138 cm³/mol. The van der Waals surface area contributed by atoms with Crippen molar-refractivity contribution in [2.45, 2.75) is 18.9 Å². The molecule has 2 saturated heterocycles. The highest BCUT2D eigenvalue weighted by Crippen LogP contribution is 2.25. The summed E-state index contributed by atoms with van der Waals surface area (Å²) >= 11 is 6.33. The zero-order chi connectivity index (χ0) is 21.3. The number of rotatable bonds is 8. The molecule has 2 aliphatic heterocycles. The molecule has 2 aromatic rings. The van der Waals surface area contributed by atoms with E-state index in [0.717, 1.165) is 89.4 Å². The SMILES string of the molecule is Clc1cccnc1N1CCC(NC(=NCCN2CCOCC2)NCCc2ccco2)C1.I. The van der Waals surface area contributed by atoms with Gasteiger partial charge in [-0.15, -0.1) is 24.0 Å². The highest BCUT2D eigenvalue weighted by Gasteiger charge is 2.25. The molecule has 10 heteroatoms. The van der Waals surface area contributed by atoms with E-state index in [-0.39, 0.29) is 30.0 Å². The van der Waals surface area contributed by atoms with Gasteiger partial charge in [0.15, 0.2) is 5.96 Å². The Kier molecular flexibility index (Phi) is 10.4. The number of halogens is 2. The van der Waals surface area contributed by atoms with E-state index in [1.807, 2.05) is 24.3 Å². The van der Waals surface area contributed by atoms with Crippen molar-refractivity contribution in [2.75, 3.05) is 63.9 Å². The molecule has 0 aliphatic carbocycles. The van der Waals surface area contributed by atoms with Crippen LogP contribution in [0.3, 0.4) is 0 Å². The lowest BCUT2D eigenvalue weighted by molar-refractivity contribution is 0.0394. The Labute approximate surface area is 211 Å². The first-order valence-electron chi connectivity index (χ1n) is 11.0. The third-order valence-corrected chi connectivity index (χ3v) is 5.90. The number of morpholine rings is 1. The van der Waals surface area contributed by atoms with Crippen LogP contribution in [-0.2, 0) is 11.2 Å². The molecule has 0 bridgehead atoms. The fourth-order valence-electron chi connectivity index (χ4n) is 3.91. The first-order valence-corrected chi connectivity index (χ1v) is 11.4. The number of aromatic nitrogens is 1. The quantitative estimate of drug-likeness (QED) is 0.285. The standard InChI is InChI=1S/C22H31ClN6O2.HI/c23-20-4-1-7-24-21(20)29-10-6-18(17-29)27-22(25-8-5-19-3-2-14-31-19)26-9-11-28-12-15-30-16-13-28;/h1-4,7,14,18H,5-6,8-13,15-17H2,(H2,25,26,27);1H. The Hall–Kier alpha value is -1.56.